The van der Waals surface area contributed by atoms with Gasteiger partial charge >= 0.3 is 5.69 Å². The molecule has 0 aliphatic carbocycles. The molecule has 1 saturated heterocycles. The van der Waals surface area contributed by atoms with Gasteiger partial charge in [-0.05, 0) is 30.7 Å². The van der Waals surface area contributed by atoms with Crippen molar-refractivity contribution in [3.05, 3.63) is 71.2 Å². The van der Waals surface area contributed by atoms with Crippen molar-refractivity contribution in [1.29, 1.82) is 0 Å². The van der Waals surface area contributed by atoms with Crippen LogP contribution in [0.3, 0.4) is 0 Å². The first-order chi connectivity index (χ1) is 16.1. The van der Waals surface area contributed by atoms with Gasteiger partial charge in [-0.1, -0.05) is 24.3 Å². The van der Waals surface area contributed by atoms with E-state index in [1.54, 1.807) is 6.20 Å². The highest BCUT2D eigenvalue weighted by atomic mass is 16.6. The van der Waals surface area contributed by atoms with Crippen LogP contribution in [-0.2, 0) is 0 Å². The first kappa shape index (κ1) is 22.3. The smallest absolute Gasteiger partial charge is 0.353 e. The SMILES string of the molecule is CN(CCCNc1ncnc(N2CCN(c3ccccn3)CC2)c1[N+](=O)[O-])c1ccccc1. The van der Waals surface area contributed by atoms with Crippen molar-refractivity contribution >= 4 is 28.8 Å². The maximum absolute atomic E-state index is 11.9. The molecule has 1 aromatic carbocycles. The molecule has 0 atom stereocenters. The third kappa shape index (κ3) is 5.46. The summed E-state index contributed by atoms with van der Waals surface area (Å²) in [6.07, 6.45) is 3.98. The Kier molecular flexibility index (Phi) is 7.13. The maximum atomic E-state index is 11.9. The number of benzene rings is 1. The number of piperazine rings is 1. The molecule has 1 N–H and O–H groups in total. The Labute approximate surface area is 193 Å². The normalized spacial score (nSPS) is 13.6. The molecule has 1 fully saturated rings. The van der Waals surface area contributed by atoms with E-state index in [2.05, 4.69) is 42.2 Å². The third-order valence-corrected chi connectivity index (χ3v) is 5.70. The van der Waals surface area contributed by atoms with Gasteiger partial charge in [-0.3, -0.25) is 10.1 Å². The highest BCUT2D eigenvalue weighted by Gasteiger charge is 2.29. The van der Waals surface area contributed by atoms with Crippen LogP contribution in [0, 0.1) is 10.1 Å². The van der Waals surface area contributed by atoms with Crippen LogP contribution in [0.2, 0.25) is 0 Å². The third-order valence-electron chi connectivity index (χ3n) is 5.70. The van der Waals surface area contributed by atoms with Crippen LogP contribution < -0.4 is 20.0 Å². The molecule has 0 bridgehead atoms. The lowest BCUT2D eigenvalue weighted by molar-refractivity contribution is -0.383. The second-order valence-corrected chi connectivity index (χ2v) is 7.85. The fraction of sp³-hybridized carbons (Fsp3) is 0.348. The van der Waals surface area contributed by atoms with E-state index in [-0.39, 0.29) is 16.4 Å². The van der Waals surface area contributed by atoms with Gasteiger partial charge < -0.3 is 20.0 Å². The van der Waals surface area contributed by atoms with Crippen LogP contribution in [0.4, 0.5) is 28.8 Å². The molecule has 10 heteroatoms. The Bertz CT molecular complexity index is 1040. The number of hydrogen-bond donors (Lipinski definition) is 1. The maximum Gasteiger partial charge on any atom is 0.353 e. The van der Waals surface area contributed by atoms with Crippen LogP contribution in [0.5, 0.6) is 0 Å². The predicted octanol–water partition coefficient (Wildman–Crippen LogP) is 3.04. The summed E-state index contributed by atoms with van der Waals surface area (Å²) >= 11 is 0. The summed E-state index contributed by atoms with van der Waals surface area (Å²) in [5.74, 6) is 1.54. The number of nitrogens with zero attached hydrogens (tertiary/aromatic N) is 7. The van der Waals surface area contributed by atoms with Gasteiger partial charge in [-0.15, -0.1) is 0 Å². The number of para-hydroxylation sites is 1. The fourth-order valence-corrected chi connectivity index (χ4v) is 3.92. The van der Waals surface area contributed by atoms with Crippen molar-refractivity contribution < 1.29 is 4.92 Å². The van der Waals surface area contributed by atoms with Gasteiger partial charge in [0, 0.05) is 58.2 Å². The summed E-state index contributed by atoms with van der Waals surface area (Å²) in [6.45, 7) is 4.06. The second-order valence-electron chi connectivity index (χ2n) is 7.85. The van der Waals surface area contributed by atoms with Gasteiger partial charge in [0.1, 0.15) is 12.1 Å². The van der Waals surface area contributed by atoms with E-state index < -0.39 is 0 Å². The first-order valence-electron chi connectivity index (χ1n) is 11.0. The highest BCUT2D eigenvalue weighted by Crippen LogP contribution is 2.32. The molecular formula is C23H28N8O2. The summed E-state index contributed by atoms with van der Waals surface area (Å²) in [6, 6.07) is 15.9. The van der Waals surface area contributed by atoms with E-state index in [1.165, 1.54) is 6.33 Å². The lowest BCUT2D eigenvalue weighted by Crippen LogP contribution is -2.47. The lowest BCUT2D eigenvalue weighted by Gasteiger charge is -2.35. The second kappa shape index (κ2) is 10.6. The molecule has 1 aliphatic heterocycles. The van der Waals surface area contributed by atoms with Crippen LogP contribution in [0.25, 0.3) is 0 Å². The molecule has 1 aliphatic rings. The Morgan fingerprint density at radius 3 is 2.42 bits per heavy atom. The van der Waals surface area contributed by atoms with Crippen LogP contribution in [0.15, 0.2) is 61.1 Å². The number of rotatable bonds is 9. The number of nitro groups is 1. The zero-order valence-corrected chi connectivity index (χ0v) is 18.7. The molecule has 3 heterocycles. The molecule has 0 saturated carbocycles. The van der Waals surface area contributed by atoms with Gasteiger partial charge in [0.05, 0.1) is 4.92 Å². The number of nitrogens with one attached hydrogen (secondary N) is 1. The number of hydrogen-bond acceptors (Lipinski definition) is 9. The first-order valence-corrected chi connectivity index (χ1v) is 11.0. The van der Waals surface area contributed by atoms with Crippen molar-refractivity contribution in [2.45, 2.75) is 6.42 Å². The van der Waals surface area contributed by atoms with Crippen LogP contribution in [0.1, 0.15) is 6.42 Å². The van der Waals surface area contributed by atoms with Crippen molar-refractivity contribution in [3.8, 4) is 0 Å². The van der Waals surface area contributed by atoms with E-state index in [0.717, 1.165) is 24.5 Å². The molecule has 10 nitrogen and oxygen atoms in total. The fourth-order valence-electron chi connectivity index (χ4n) is 3.92. The van der Waals surface area contributed by atoms with Gasteiger partial charge in [0.2, 0.25) is 11.6 Å². The van der Waals surface area contributed by atoms with E-state index in [0.29, 0.717) is 38.5 Å². The van der Waals surface area contributed by atoms with Crippen molar-refractivity contribution in [2.75, 3.05) is 66.3 Å². The van der Waals surface area contributed by atoms with Gasteiger partial charge in [-0.25, -0.2) is 15.0 Å². The van der Waals surface area contributed by atoms with Crippen LogP contribution in [-0.4, -0.2) is 66.2 Å². The van der Waals surface area contributed by atoms with Crippen molar-refractivity contribution in [2.24, 2.45) is 0 Å². The molecule has 2 aromatic heterocycles. The lowest BCUT2D eigenvalue weighted by atomic mass is 10.2. The van der Waals surface area contributed by atoms with E-state index in [4.69, 9.17) is 0 Å². The minimum atomic E-state index is -0.390. The topological polar surface area (TPSA) is 104 Å². The molecular weight excluding hydrogens is 420 g/mol. The highest BCUT2D eigenvalue weighted by molar-refractivity contribution is 5.70. The van der Waals surface area contributed by atoms with Gasteiger partial charge in [-0.2, -0.15) is 0 Å². The summed E-state index contributed by atoms with van der Waals surface area (Å²) < 4.78 is 0. The molecule has 0 spiro atoms. The Morgan fingerprint density at radius 1 is 1.00 bits per heavy atom. The molecule has 3 aromatic rings. The van der Waals surface area contributed by atoms with Crippen molar-refractivity contribution in [1.82, 2.24) is 15.0 Å². The molecule has 172 valence electrons. The van der Waals surface area contributed by atoms with Gasteiger partial charge in [0.25, 0.3) is 0 Å². The molecule has 0 amide bonds. The minimum absolute atomic E-state index is 0.0693. The molecule has 33 heavy (non-hydrogen) atoms. The number of pyridine rings is 1. The summed E-state index contributed by atoms with van der Waals surface area (Å²) in [5, 5.41) is 15.1. The average molecular weight is 449 g/mol. The summed E-state index contributed by atoms with van der Waals surface area (Å²) in [5.41, 5.74) is 1.07. The minimum Gasteiger partial charge on any atom is -0.375 e. The van der Waals surface area contributed by atoms with E-state index in [1.807, 2.05) is 48.3 Å². The van der Waals surface area contributed by atoms with Gasteiger partial charge in [0.15, 0.2) is 0 Å². The average Bonchev–Trinajstić information content (AvgIpc) is 2.87. The standard InChI is InChI=1S/C23H28N8O2/c1-28(19-8-3-2-4-9-19)13-7-12-25-22-21(31(32)33)23(27-18-26-22)30-16-14-29(15-17-30)20-10-5-6-11-24-20/h2-6,8-11,18H,7,12-17H2,1H3,(H,25,26,27). The zero-order chi connectivity index (χ0) is 23.0. The number of aromatic nitrogens is 3. The monoisotopic (exact) mass is 448 g/mol. The Hall–Kier alpha value is -3.95. The van der Waals surface area contributed by atoms with Crippen molar-refractivity contribution in [3.63, 3.8) is 0 Å². The Balaban J connectivity index is 1.37. The quantitative estimate of drug-likeness (QED) is 0.300. The zero-order valence-electron chi connectivity index (χ0n) is 18.7. The van der Waals surface area contributed by atoms with Crippen LogP contribution >= 0.6 is 0 Å². The Morgan fingerprint density at radius 2 is 1.73 bits per heavy atom. The summed E-state index contributed by atoms with van der Waals surface area (Å²) in [4.78, 5) is 30.6. The summed E-state index contributed by atoms with van der Waals surface area (Å²) in [7, 11) is 2.03. The molecule has 0 radical (unpaired) electrons. The van der Waals surface area contributed by atoms with E-state index >= 15 is 0 Å². The number of anilines is 4. The predicted molar refractivity (Wildman–Crippen MR) is 130 cm³/mol. The van der Waals surface area contributed by atoms with E-state index in [9.17, 15) is 10.1 Å². The largest absolute Gasteiger partial charge is 0.375 e. The molecule has 4 rings (SSSR count). The molecule has 0 unspecified atom stereocenters.